The molecule has 0 unspecified atom stereocenters. The van der Waals surface area contributed by atoms with Crippen LogP contribution in [-0.4, -0.2) is 17.3 Å². The summed E-state index contributed by atoms with van der Waals surface area (Å²) < 4.78 is 0. The van der Waals surface area contributed by atoms with E-state index in [0.717, 1.165) is 25.8 Å². The molecule has 0 saturated heterocycles. The van der Waals surface area contributed by atoms with Gasteiger partial charge in [0.2, 0.25) is 0 Å². The Kier molecular flexibility index (Phi) is 2.98. The van der Waals surface area contributed by atoms with Crippen molar-refractivity contribution in [3.63, 3.8) is 0 Å². The Labute approximate surface area is 82.6 Å². The zero-order valence-electron chi connectivity index (χ0n) is 7.57. The minimum absolute atomic E-state index is 0.126. The Hall–Kier alpha value is -0.380. The summed E-state index contributed by atoms with van der Waals surface area (Å²) in [7, 11) is 0. The molecule has 1 fully saturated rings. The maximum Gasteiger partial charge on any atom is 0.0693 e. The predicted molar refractivity (Wildman–Crippen MR) is 54.8 cm³/mol. The fourth-order valence-electron chi connectivity index (χ4n) is 1.82. The highest BCUT2D eigenvalue weighted by Gasteiger charge is 2.24. The molecule has 0 radical (unpaired) electrons. The fraction of sp³-hybridized carbons (Fsp3) is 0.600. The monoisotopic (exact) mass is 197 g/mol. The van der Waals surface area contributed by atoms with Crippen molar-refractivity contribution in [2.45, 2.75) is 38.0 Å². The Bertz CT molecular complexity index is 247. The van der Waals surface area contributed by atoms with E-state index in [-0.39, 0.29) is 6.10 Å². The fourth-order valence-corrected chi connectivity index (χ4v) is 2.49. The van der Waals surface area contributed by atoms with Gasteiger partial charge in [-0.05, 0) is 41.7 Å². The lowest BCUT2D eigenvalue weighted by Gasteiger charge is -2.15. The van der Waals surface area contributed by atoms with Gasteiger partial charge in [-0.2, -0.15) is 11.3 Å². The van der Waals surface area contributed by atoms with E-state index in [4.69, 9.17) is 0 Å². The van der Waals surface area contributed by atoms with Gasteiger partial charge in [0.15, 0.2) is 0 Å². The molecule has 1 aromatic heterocycles. The van der Waals surface area contributed by atoms with Crippen LogP contribution in [0.25, 0.3) is 0 Å². The van der Waals surface area contributed by atoms with Gasteiger partial charge in [-0.3, -0.25) is 0 Å². The first-order chi connectivity index (χ1) is 6.36. The highest BCUT2D eigenvalue weighted by Crippen LogP contribution is 2.19. The molecule has 72 valence electrons. The summed E-state index contributed by atoms with van der Waals surface area (Å²) in [6.45, 7) is 0.894. The van der Waals surface area contributed by atoms with Crippen LogP contribution in [-0.2, 0) is 6.54 Å². The summed E-state index contributed by atoms with van der Waals surface area (Å²) in [4.78, 5) is 0. The van der Waals surface area contributed by atoms with Gasteiger partial charge >= 0.3 is 0 Å². The molecule has 0 spiro atoms. The van der Waals surface area contributed by atoms with Crippen molar-refractivity contribution in [2.24, 2.45) is 0 Å². The molecule has 2 rings (SSSR count). The lowest BCUT2D eigenvalue weighted by atomic mass is 10.2. The molecule has 0 aromatic carbocycles. The van der Waals surface area contributed by atoms with Crippen LogP contribution in [0, 0.1) is 0 Å². The Morgan fingerprint density at radius 3 is 3.08 bits per heavy atom. The van der Waals surface area contributed by atoms with E-state index in [1.54, 1.807) is 11.3 Å². The number of aliphatic hydroxyl groups is 1. The standard InChI is InChI=1S/C10H15NOS/c12-10-3-1-2-9(10)11-6-8-4-5-13-7-8/h4-5,7,9-12H,1-3,6H2/t9-,10-/m1/s1. The third kappa shape index (κ3) is 2.30. The molecular weight excluding hydrogens is 182 g/mol. The van der Waals surface area contributed by atoms with Gasteiger partial charge < -0.3 is 10.4 Å². The summed E-state index contributed by atoms with van der Waals surface area (Å²) in [5.74, 6) is 0. The molecule has 1 aliphatic carbocycles. The average Bonchev–Trinajstić information content (AvgIpc) is 2.72. The summed E-state index contributed by atoms with van der Waals surface area (Å²) in [6, 6.07) is 2.44. The third-order valence-corrected chi connectivity index (χ3v) is 3.36. The Morgan fingerprint density at radius 1 is 1.54 bits per heavy atom. The van der Waals surface area contributed by atoms with Crippen LogP contribution in [0.3, 0.4) is 0 Å². The Balaban J connectivity index is 1.79. The topological polar surface area (TPSA) is 32.3 Å². The van der Waals surface area contributed by atoms with Crippen molar-refractivity contribution in [3.8, 4) is 0 Å². The number of thiophene rings is 1. The summed E-state index contributed by atoms with van der Waals surface area (Å²) in [6.07, 6.45) is 3.10. The van der Waals surface area contributed by atoms with Crippen molar-refractivity contribution in [2.75, 3.05) is 0 Å². The van der Waals surface area contributed by atoms with E-state index < -0.39 is 0 Å². The highest BCUT2D eigenvalue weighted by molar-refractivity contribution is 7.07. The normalized spacial score (nSPS) is 28.1. The zero-order valence-corrected chi connectivity index (χ0v) is 8.39. The first-order valence-corrected chi connectivity index (χ1v) is 5.73. The molecule has 0 amide bonds. The van der Waals surface area contributed by atoms with Crippen molar-refractivity contribution < 1.29 is 5.11 Å². The third-order valence-electron chi connectivity index (χ3n) is 2.63. The van der Waals surface area contributed by atoms with Crippen LogP contribution >= 0.6 is 11.3 Å². The second-order valence-corrected chi connectivity index (χ2v) is 4.40. The number of hydrogen-bond donors (Lipinski definition) is 2. The van der Waals surface area contributed by atoms with E-state index in [2.05, 4.69) is 22.1 Å². The minimum atomic E-state index is -0.126. The van der Waals surface area contributed by atoms with Gasteiger partial charge in [0.05, 0.1) is 6.10 Å². The first-order valence-electron chi connectivity index (χ1n) is 4.79. The second kappa shape index (κ2) is 4.22. The van der Waals surface area contributed by atoms with Crippen LogP contribution in [0.5, 0.6) is 0 Å². The van der Waals surface area contributed by atoms with Crippen molar-refractivity contribution >= 4 is 11.3 Å². The van der Waals surface area contributed by atoms with Gasteiger partial charge in [0.1, 0.15) is 0 Å². The van der Waals surface area contributed by atoms with Crippen LogP contribution in [0.1, 0.15) is 24.8 Å². The molecule has 2 nitrogen and oxygen atoms in total. The molecule has 1 aliphatic rings. The lowest BCUT2D eigenvalue weighted by Crippen LogP contribution is -2.34. The SMILES string of the molecule is O[C@@H]1CCC[C@H]1NCc1ccsc1. The number of rotatable bonds is 3. The molecule has 2 N–H and O–H groups in total. The largest absolute Gasteiger partial charge is 0.392 e. The first kappa shape index (κ1) is 9.19. The van der Waals surface area contributed by atoms with Crippen LogP contribution < -0.4 is 5.32 Å². The van der Waals surface area contributed by atoms with E-state index in [9.17, 15) is 5.11 Å². The molecular formula is C10H15NOS. The molecule has 0 aliphatic heterocycles. The van der Waals surface area contributed by atoms with Crippen molar-refractivity contribution in [3.05, 3.63) is 22.4 Å². The summed E-state index contributed by atoms with van der Waals surface area (Å²) in [5, 5.41) is 17.2. The van der Waals surface area contributed by atoms with Gasteiger partial charge in [-0.15, -0.1) is 0 Å². The summed E-state index contributed by atoms with van der Waals surface area (Å²) >= 11 is 1.72. The number of nitrogens with one attached hydrogen (secondary N) is 1. The van der Waals surface area contributed by atoms with Crippen LogP contribution in [0.4, 0.5) is 0 Å². The zero-order chi connectivity index (χ0) is 9.10. The average molecular weight is 197 g/mol. The predicted octanol–water partition coefficient (Wildman–Crippen LogP) is 1.75. The lowest BCUT2D eigenvalue weighted by molar-refractivity contribution is 0.148. The smallest absolute Gasteiger partial charge is 0.0693 e. The highest BCUT2D eigenvalue weighted by atomic mass is 32.1. The van der Waals surface area contributed by atoms with Gasteiger partial charge in [-0.1, -0.05) is 0 Å². The molecule has 1 saturated carbocycles. The maximum atomic E-state index is 9.56. The van der Waals surface area contributed by atoms with E-state index >= 15 is 0 Å². The minimum Gasteiger partial charge on any atom is -0.392 e. The molecule has 0 bridgehead atoms. The quantitative estimate of drug-likeness (QED) is 0.773. The summed E-state index contributed by atoms with van der Waals surface area (Å²) in [5.41, 5.74) is 1.32. The van der Waals surface area contributed by atoms with Gasteiger partial charge in [0, 0.05) is 12.6 Å². The number of aliphatic hydroxyl groups excluding tert-OH is 1. The second-order valence-electron chi connectivity index (χ2n) is 3.62. The maximum absolute atomic E-state index is 9.56. The molecule has 2 atom stereocenters. The van der Waals surface area contributed by atoms with Crippen LogP contribution in [0.15, 0.2) is 16.8 Å². The Morgan fingerprint density at radius 2 is 2.46 bits per heavy atom. The van der Waals surface area contributed by atoms with Gasteiger partial charge in [0.25, 0.3) is 0 Å². The van der Waals surface area contributed by atoms with E-state index in [1.807, 2.05) is 0 Å². The van der Waals surface area contributed by atoms with Crippen molar-refractivity contribution in [1.82, 2.24) is 5.32 Å². The van der Waals surface area contributed by atoms with E-state index in [1.165, 1.54) is 5.56 Å². The molecule has 13 heavy (non-hydrogen) atoms. The van der Waals surface area contributed by atoms with Crippen molar-refractivity contribution in [1.29, 1.82) is 0 Å². The van der Waals surface area contributed by atoms with E-state index in [0.29, 0.717) is 6.04 Å². The van der Waals surface area contributed by atoms with Gasteiger partial charge in [-0.25, -0.2) is 0 Å². The molecule has 1 heterocycles. The number of hydrogen-bond acceptors (Lipinski definition) is 3. The van der Waals surface area contributed by atoms with Crippen LogP contribution in [0.2, 0.25) is 0 Å². The molecule has 1 aromatic rings. The molecule has 3 heteroatoms.